The van der Waals surface area contributed by atoms with Gasteiger partial charge >= 0.3 is 0 Å². The van der Waals surface area contributed by atoms with E-state index in [0.717, 1.165) is 4.68 Å². The zero-order valence-electron chi connectivity index (χ0n) is 11.9. The van der Waals surface area contributed by atoms with Crippen LogP contribution in [0.3, 0.4) is 0 Å². The van der Waals surface area contributed by atoms with Gasteiger partial charge < -0.3 is 5.32 Å². The van der Waals surface area contributed by atoms with Crippen LogP contribution in [0.25, 0.3) is 0 Å². The number of rotatable bonds is 3. The summed E-state index contributed by atoms with van der Waals surface area (Å²) < 4.78 is 25.3. The molecule has 0 spiro atoms. The summed E-state index contributed by atoms with van der Waals surface area (Å²) in [5, 5.41) is 6.69. The van der Waals surface area contributed by atoms with E-state index in [1.54, 1.807) is 0 Å². The van der Waals surface area contributed by atoms with Gasteiger partial charge in [-0.3, -0.25) is 9.59 Å². The minimum atomic E-state index is -3.17. The third kappa shape index (κ3) is 3.88. The molecule has 21 heavy (non-hydrogen) atoms. The molecule has 0 radical (unpaired) electrons. The van der Waals surface area contributed by atoms with Crippen LogP contribution < -0.4 is 10.9 Å². The van der Waals surface area contributed by atoms with Crippen LogP contribution >= 0.6 is 0 Å². The lowest BCUT2D eigenvalue weighted by molar-refractivity contribution is 0.0916. The molecule has 8 nitrogen and oxygen atoms in total. The quantitative estimate of drug-likeness (QED) is 0.766. The third-order valence-electron chi connectivity index (χ3n) is 3.45. The van der Waals surface area contributed by atoms with Gasteiger partial charge in [-0.25, -0.2) is 17.4 Å². The molecule has 0 saturated carbocycles. The lowest BCUT2D eigenvalue weighted by Crippen LogP contribution is -2.46. The SMILES string of the molecule is Cn1nc(C(=O)NC2CCN(S(C)(=O)=O)CC2)ccc1=O. The monoisotopic (exact) mass is 314 g/mol. The lowest BCUT2D eigenvalue weighted by atomic mass is 10.1. The highest BCUT2D eigenvalue weighted by Crippen LogP contribution is 2.13. The van der Waals surface area contributed by atoms with E-state index in [4.69, 9.17) is 0 Å². The first-order chi connectivity index (χ1) is 9.77. The topological polar surface area (TPSA) is 101 Å². The number of piperidine rings is 1. The van der Waals surface area contributed by atoms with Crippen LogP contribution in [0.5, 0.6) is 0 Å². The van der Waals surface area contributed by atoms with E-state index in [-0.39, 0.29) is 23.2 Å². The number of nitrogens with one attached hydrogen (secondary N) is 1. The van der Waals surface area contributed by atoms with Crippen molar-refractivity contribution in [2.24, 2.45) is 7.05 Å². The molecule has 0 bridgehead atoms. The average Bonchev–Trinajstić information content (AvgIpc) is 2.41. The van der Waals surface area contributed by atoms with E-state index in [9.17, 15) is 18.0 Å². The van der Waals surface area contributed by atoms with Crippen LogP contribution in [0.4, 0.5) is 0 Å². The van der Waals surface area contributed by atoms with E-state index >= 15 is 0 Å². The van der Waals surface area contributed by atoms with Crippen molar-refractivity contribution in [3.63, 3.8) is 0 Å². The van der Waals surface area contributed by atoms with Gasteiger partial charge in [-0.15, -0.1) is 0 Å². The Bertz CT molecular complexity index is 689. The van der Waals surface area contributed by atoms with Crippen molar-refractivity contribution in [3.05, 3.63) is 28.2 Å². The van der Waals surface area contributed by atoms with Crippen LogP contribution in [-0.2, 0) is 17.1 Å². The predicted molar refractivity (Wildman–Crippen MR) is 76.4 cm³/mol. The normalized spacial score (nSPS) is 17.6. The summed E-state index contributed by atoms with van der Waals surface area (Å²) in [6.07, 6.45) is 2.30. The second-order valence-electron chi connectivity index (χ2n) is 5.09. The van der Waals surface area contributed by atoms with E-state index in [1.165, 1.54) is 29.7 Å². The van der Waals surface area contributed by atoms with Gasteiger partial charge in [0.2, 0.25) is 10.0 Å². The number of nitrogens with zero attached hydrogens (tertiary/aromatic N) is 3. The highest BCUT2D eigenvalue weighted by Gasteiger charge is 2.26. The Labute approximate surface area is 122 Å². The molecule has 0 atom stereocenters. The zero-order valence-corrected chi connectivity index (χ0v) is 12.8. The molecule has 0 aliphatic carbocycles. The highest BCUT2D eigenvalue weighted by atomic mass is 32.2. The second kappa shape index (κ2) is 5.94. The van der Waals surface area contributed by atoms with Gasteiger partial charge in [0.25, 0.3) is 11.5 Å². The molecule has 2 heterocycles. The van der Waals surface area contributed by atoms with E-state index in [0.29, 0.717) is 25.9 Å². The number of hydrogen-bond donors (Lipinski definition) is 1. The average molecular weight is 314 g/mol. The molecule has 0 unspecified atom stereocenters. The summed E-state index contributed by atoms with van der Waals surface area (Å²) in [6, 6.07) is 2.58. The fraction of sp³-hybridized carbons (Fsp3) is 0.583. The van der Waals surface area contributed by atoms with Crippen molar-refractivity contribution in [2.75, 3.05) is 19.3 Å². The Morgan fingerprint density at radius 2 is 1.95 bits per heavy atom. The van der Waals surface area contributed by atoms with Gasteiger partial charge in [0, 0.05) is 32.2 Å². The molecule has 1 aliphatic heterocycles. The Balaban J connectivity index is 1.95. The van der Waals surface area contributed by atoms with E-state index in [1.807, 2.05) is 0 Å². The number of amides is 1. The van der Waals surface area contributed by atoms with Gasteiger partial charge in [-0.05, 0) is 18.9 Å². The van der Waals surface area contributed by atoms with Crippen molar-refractivity contribution < 1.29 is 13.2 Å². The Hall–Kier alpha value is -1.74. The smallest absolute Gasteiger partial charge is 0.271 e. The lowest BCUT2D eigenvalue weighted by Gasteiger charge is -2.30. The Morgan fingerprint density at radius 3 is 2.48 bits per heavy atom. The largest absolute Gasteiger partial charge is 0.348 e. The summed E-state index contributed by atoms with van der Waals surface area (Å²) >= 11 is 0. The fourth-order valence-electron chi connectivity index (χ4n) is 2.21. The highest BCUT2D eigenvalue weighted by molar-refractivity contribution is 7.88. The molecule has 0 aromatic carbocycles. The molecule has 116 valence electrons. The molecule has 1 amide bonds. The maximum absolute atomic E-state index is 12.0. The standard InChI is InChI=1S/C12H18N4O4S/c1-15-11(17)4-3-10(14-15)12(18)13-9-5-7-16(8-6-9)21(2,19)20/h3-4,9H,5-8H2,1-2H3,(H,13,18). The summed E-state index contributed by atoms with van der Waals surface area (Å²) in [4.78, 5) is 23.3. The van der Waals surface area contributed by atoms with Crippen molar-refractivity contribution in [2.45, 2.75) is 18.9 Å². The molecular formula is C12H18N4O4S. The summed E-state index contributed by atoms with van der Waals surface area (Å²) in [7, 11) is -1.69. The van der Waals surface area contributed by atoms with Gasteiger partial charge in [0.05, 0.1) is 6.26 Å². The summed E-state index contributed by atoms with van der Waals surface area (Å²) in [5.41, 5.74) is -0.115. The van der Waals surface area contributed by atoms with E-state index in [2.05, 4.69) is 10.4 Å². The van der Waals surface area contributed by atoms with Crippen molar-refractivity contribution >= 4 is 15.9 Å². The molecule has 1 N–H and O–H groups in total. The van der Waals surface area contributed by atoms with Crippen LogP contribution in [0, 0.1) is 0 Å². The van der Waals surface area contributed by atoms with Gasteiger partial charge in [0.15, 0.2) is 0 Å². The molecule has 9 heteroatoms. The molecule has 1 saturated heterocycles. The maximum atomic E-state index is 12.0. The molecular weight excluding hydrogens is 296 g/mol. The van der Waals surface area contributed by atoms with Gasteiger partial charge in [-0.1, -0.05) is 0 Å². The molecule has 1 fully saturated rings. The number of sulfonamides is 1. The van der Waals surface area contributed by atoms with Crippen LogP contribution in [0.1, 0.15) is 23.3 Å². The van der Waals surface area contributed by atoms with E-state index < -0.39 is 10.0 Å². The van der Waals surface area contributed by atoms with Crippen LogP contribution in [-0.4, -0.2) is 53.8 Å². The third-order valence-corrected chi connectivity index (χ3v) is 4.75. The summed E-state index contributed by atoms with van der Waals surface area (Å²) in [6.45, 7) is 0.787. The molecule has 2 rings (SSSR count). The van der Waals surface area contributed by atoms with Crippen LogP contribution in [0.2, 0.25) is 0 Å². The minimum Gasteiger partial charge on any atom is -0.348 e. The molecule has 1 aromatic heterocycles. The van der Waals surface area contributed by atoms with Gasteiger partial charge in [0.1, 0.15) is 5.69 Å². The fourth-order valence-corrected chi connectivity index (χ4v) is 3.09. The number of hydrogen-bond acceptors (Lipinski definition) is 5. The predicted octanol–water partition coefficient (Wildman–Crippen LogP) is -1.07. The summed E-state index contributed by atoms with van der Waals surface area (Å²) in [5.74, 6) is -0.358. The van der Waals surface area contributed by atoms with Crippen molar-refractivity contribution in [1.29, 1.82) is 0 Å². The van der Waals surface area contributed by atoms with Crippen molar-refractivity contribution in [3.8, 4) is 0 Å². The first-order valence-corrected chi connectivity index (χ1v) is 8.42. The number of aromatic nitrogens is 2. The number of carbonyl (C=O) groups is 1. The second-order valence-corrected chi connectivity index (χ2v) is 7.07. The number of carbonyl (C=O) groups excluding carboxylic acids is 1. The van der Waals surface area contributed by atoms with Gasteiger partial charge in [-0.2, -0.15) is 5.10 Å². The van der Waals surface area contributed by atoms with Crippen LogP contribution in [0.15, 0.2) is 16.9 Å². The first kappa shape index (κ1) is 15.6. The molecule has 1 aliphatic rings. The zero-order chi connectivity index (χ0) is 15.6. The molecule has 1 aromatic rings. The maximum Gasteiger partial charge on any atom is 0.271 e. The Morgan fingerprint density at radius 1 is 1.33 bits per heavy atom. The first-order valence-electron chi connectivity index (χ1n) is 6.58. The number of aryl methyl sites for hydroxylation is 1. The Kier molecular flexibility index (Phi) is 4.43. The minimum absolute atomic E-state index is 0.0884. The van der Waals surface area contributed by atoms with Crippen molar-refractivity contribution in [1.82, 2.24) is 19.4 Å².